The van der Waals surface area contributed by atoms with Crippen molar-refractivity contribution in [3.63, 3.8) is 0 Å². The topological polar surface area (TPSA) is 24.9 Å². The molecule has 0 bridgehead atoms. The summed E-state index contributed by atoms with van der Waals surface area (Å²) in [6.45, 7) is 7.35. The second-order valence-corrected chi connectivity index (χ2v) is 4.92. The summed E-state index contributed by atoms with van der Waals surface area (Å²) in [6, 6.07) is 13.0. The molecule has 0 fully saturated rings. The number of nitrogens with one attached hydrogen (secondary N) is 1. The molecule has 0 saturated heterocycles. The third kappa shape index (κ3) is 3.42. The number of aromatic nitrogens is 1. The molecular weight excluding hydrogens is 232 g/mol. The van der Waals surface area contributed by atoms with Gasteiger partial charge >= 0.3 is 0 Å². The Balaban J connectivity index is 2.04. The Morgan fingerprint density at radius 3 is 2.68 bits per heavy atom. The lowest BCUT2D eigenvalue weighted by atomic mass is 10.0. The van der Waals surface area contributed by atoms with Crippen molar-refractivity contribution in [1.29, 1.82) is 0 Å². The van der Waals surface area contributed by atoms with Gasteiger partial charge in [0.15, 0.2) is 0 Å². The molecule has 1 unspecified atom stereocenters. The van der Waals surface area contributed by atoms with Crippen LogP contribution in [0.15, 0.2) is 42.6 Å². The number of benzene rings is 1. The van der Waals surface area contributed by atoms with Crippen LogP contribution in [-0.2, 0) is 13.0 Å². The number of hydrogen-bond donors (Lipinski definition) is 1. The van der Waals surface area contributed by atoms with Crippen molar-refractivity contribution in [2.45, 2.75) is 39.8 Å². The average molecular weight is 254 g/mol. The molecular formula is C17H22N2. The van der Waals surface area contributed by atoms with E-state index < -0.39 is 0 Å². The maximum Gasteiger partial charge on any atom is 0.0573 e. The van der Waals surface area contributed by atoms with Gasteiger partial charge in [-0.1, -0.05) is 37.3 Å². The Labute approximate surface area is 115 Å². The van der Waals surface area contributed by atoms with Crippen LogP contribution < -0.4 is 5.32 Å². The third-order valence-electron chi connectivity index (χ3n) is 3.60. The maximum absolute atomic E-state index is 4.48. The van der Waals surface area contributed by atoms with E-state index >= 15 is 0 Å². The van der Waals surface area contributed by atoms with Crippen molar-refractivity contribution < 1.29 is 0 Å². The van der Waals surface area contributed by atoms with Crippen molar-refractivity contribution in [2.75, 3.05) is 0 Å². The SMILES string of the molecule is CCc1cccnc1CNC(C)c1ccccc1C. The van der Waals surface area contributed by atoms with Gasteiger partial charge in [-0.2, -0.15) is 0 Å². The first-order valence-corrected chi connectivity index (χ1v) is 6.94. The fourth-order valence-electron chi connectivity index (χ4n) is 2.38. The van der Waals surface area contributed by atoms with Crippen molar-refractivity contribution >= 4 is 0 Å². The monoisotopic (exact) mass is 254 g/mol. The van der Waals surface area contributed by atoms with E-state index in [1.165, 1.54) is 16.7 Å². The molecule has 0 spiro atoms. The molecule has 0 radical (unpaired) electrons. The zero-order valence-corrected chi connectivity index (χ0v) is 12.0. The van der Waals surface area contributed by atoms with Crippen molar-refractivity contribution in [3.05, 3.63) is 65.0 Å². The summed E-state index contributed by atoms with van der Waals surface area (Å²) in [6.07, 6.45) is 2.90. The van der Waals surface area contributed by atoms with E-state index in [0.717, 1.165) is 18.7 Å². The molecule has 100 valence electrons. The molecule has 1 aromatic carbocycles. The summed E-state index contributed by atoms with van der Waals surface area (Å²) in [5.74, 6) is 0. The summed E-state index contributed by atoms with van der Waals surface area (Å²) in [4.78, 5) is 4.48. The van der Waals surface area contributed by atoms with Gasteiger partial charge in [0.1, 0.15) is 0 Å². The van der Waals surface area contributed by atoms with Crippen LogP contribution in [0, 0.1) is 6.92 Å². The lowest BCUT2D eigenvalue weighted by molar-refractivity contribution is 0.563. The minimum absolute atomic E-state index is 0.341. The van der Waals surface area contributed by atoms with Crippen molar-refractivity contribution in [1.82, 2.24) is 10.3 Å². The lowest BCUT2D eigenvalue weighted by Gasteiger charge is -2.17. The molecule has 19 heavy (non-hydrogen) atoms. The smallest absolute Gasteiger partial charge is 0.0573 e. The second kappa shape index (κ2) is 6.48. The van der Waals surface area contributed by atoms with Gasteiger partial charge in [-0.05, 0) is 43.0 Å². The molecule has 0 amide bonds. The minimum atomic E-state index is 0.341. The first-order chi connectivity index (χ1) is 9.22. The molecule has 0 aliphatic carbocycles. The number of nitrogens with zero attached hydrogens (tertiary/aromatic N) is 1. The Morgan fingerprint density at radius 1 is 1.16 bits per heavy atom. The Bertz CT molecular complexity index is 534. The van der Waals surface area contributed by atoms with Gasteiger partial charge in [0.2, 0.25) is 0 Å². The first kappa shape index (κ1) is 13.8. The van der Waals surface area contributed by atoms with Gasteiger partial charge in [0.05, 0.1) is 5.69 Å². The molecule has 2 heteroatoms. The second-order valence-electron chi connectivity index (χ2n) is 4.92. The quantitative estimate of drug-likeness (QED) is 0.877. The number of pyridine rings is 1. The van der Waals surface area contributed by atoms with Crippen molar-refractivity contribution in [2.24, 2.45) is 0 Å². The Morgan fingerprint density at radius 2 is 1.95 bits per heavy atom. The largest absolute Gasteiger partial charge is 0.305 e. The van der Waals surface area contributed by atoms with Crippen LogP contribution in [0.2, 0.25) is 0 Å². The van der Waals surface area contributed by atoms with Crippen LogP contribution in [-0.4, -0.2) is 4.98 Å². The van der Waals surface area contributed by atoms with Crippen molar-refractivity contribution in [3.8, 4) is 0 Å². The Hall–Kier alpha value is -1.67. The fourth-order valence-corrected chi connectivity index (χ4v) is 2.38. The molecule has 1 heterocycles. The van der Waals surface area contributed by atoms with Gasteiger partial charge in [0.25, 0.3) is 0 Å². The normalized spacial score (nSPS) is 12.4. The maximum atomic E-state index is 4.48. The van der Waals surface area contributed by atoms with E-state index in [-0.39, 0.29) is 0 Å². The molecule has 2 aromatic rings. The highest BCUT2D eigenvalue weighted by molar-refractivity contribution is 5.28. The van der Waals surface area contributed by atoms with E-state index in [2.05, 4.69) is 61.4 Å². The summed E-state index contributed by atoms with van der Waals surface area (Å²) in [7, 11) is 0. The van der Waals surface area contributed by atoms with Crippen LogP contribution in [0.25, 0.3) is 0 Å². The van der Waals surface area contributed by atoms with Gasteiger partial charge in [-0.25, -0.2) is 0 Å². The van der Waals surface area contributed by atoms with Crippen LogP contribution in [0.5, 0.6) is 0 Å². The van der Waals surface area contributed by atoms with Gasteiger partial charge in [-0.15, -0.1) is 0 Å². The third-order valence-corrected chi connectivity index (χ3v) is 3.60. The first-order valence-electron chi connectivity index (χ1n) is 6.94. The molecule has 1 N–H and O–H groups in total. The fraction of sp³-hybridized carbons (Fsp3) is 0.353. The summed E-state index contributed by atoms with van der Waals surface area (Å²) >= 11 is 0. The zero-order chi connectivity index (χ0) is 13.7. The van der Waals surface area contributed by atoms with Crippen LogP contribution in [0.3, 0.4) is 0 Å². The highest BCUT2D eigenvalue weighted by Crippen LogP contribution is 2.17. The summed E-state index contributed by atoms with van der Waals surface area (Å²) in [5, 5.41) is 3.57. The summed E-state index contributed by atoms with van der Waals surface area (Å²) in [5.41, 5.74) is 5.17. The highest BCUT2D eigenvalue weighted by Gasteiger charge is 2.08. The molecule has 0 saturated carbocycles. The van der Waals surface area contributed by atoms with E-state index in [9.17, 15) is 0 Å². The van der Waals surface area contributed by atoms with Gasteiger partial charge in [0, 0.05) is 18.8 Å². The van der Waals surface area contributed by atoms with E-state index in [0.29, 0.717) is 6.04 Å². The predicted octanol–water partition coefficient (Wildman–Crippen LogP) is 3.80. The number of hydrogen-bond acceptors (Lipinski definition) is 2. The molecule has 1 atom stereocenters. The molecule has 0 aliphatic rings. The zero-order valence-electron chi connectivity index (χ0n) is 12.0. The van der Waals surface area contributed by atoms with Gasteiger partial charge < -0.3 is 5.32 Å². The number of rotatable bonds is 5. The summed E-state index contributed by atoms with van der Waals surface area (Å²) < 4.78 is 0. The molecule has 1 aromatic heterocycles. The number of aryl methyl sites for hydroxylation is 2. The standard InChI is InChI=1S/C17H22N2/c1-4-15-9-7-11-18-17(15)12-19-14(3)16-10-6-5-8-13(16)2/h5-11,14,19H,4,12H2,1-3H3. The van der Waals surface area contributed by atoms with Crippen LogP contribution in [0.1, 0.15) is 42.3 Å². The lowest BCUT2D eigenvalue weighted by Crippen LogP contribution is -2.20. The molecule has 0 aliphatic heterocycles. The van der Waals surface area contributed by atoms with Crippen LogP contribution in [0.4, 0.5) is 0 Å². The van der Waals surface area contributed by atoms with Crippen LogP contribution >= 0.6 is 0 Å². The molecule has 2 nitrogen and oxygen atoms in total. The highest BCUT2D eigenvalue weighted by atomic mass is 14.9. The van der Waals surface area contributed by atoms with Gasteiger partial charge in [-0.3, -0.25) is 4.98 Å². The predicted molar refractivity (Wildman–Crippen MR) is 80.0 cm³/mol. The Kier molecular flexibility index (Phi) is 4.69. The van der Waals surface area contributed by atoms with E-state index in [1.807, 2.05) is 12.3 Å². The van der Waals surface area contributed by atoms with E-state index in [1.54, 1.807) is 0 Å². The van der Waals surface area contributed by atoms with E-state index in [4.69, 9.17) is 0 Å². The average Bonchev–Trinajstić information content (AvgIpc) is 2.45. The molecule has 2 rings (SSSR count). The minimum Gasteiger partial charge on any atom is -0.305 e.